The second-order valence-electron chi connectivity index (χ2n) is 24.7. The van der Waals surface area contributed by atoms with E-state index in [2.05, 4.69) is 292 Å². The van der Waals surface area contributed by atoms with Crippen molar-refractivity contribution in [2.45, 2.75) is 105 Å². The minimum absolute atomic E-state index is 0. The molecule has 0 radical (unpaired) electrons. The SMILES string of the molecule is CC(C)(C)c1cc(N2[CH-]N(c3[c-]c(Oc4[c-]c5c(cc4)c4cc(C(C)(C)C)ccc4n5-c4cc(C(C)(C)C)ccn4)ccc3)c3cccc([Si](c4ccccc4)(c4ccccc4)c4ccccc4)c32)cc(C(C)(C)C)c1.[Pt]. The Balaban J connectivity index is 0.00000672. The Hall–Kier alpha value is -6.98. The third-order valence-electron chi connectivity index (χ3n) is 15.3. The summed E-state index contributed by atoms with van der Waals surface area (Å²) in [6.45, 7) is 29.7. The summed E-state index contributed by atoms with van der Waals surface area (Å²) in [6, 6.07) is 76.8. The van der Waals surface area contributed by atoms with Crippen molar-refractivity contribution in [3.05, 3.63) is 235 Å². The summed E-state index contributed by atoms with van der Waals surface area (Å²) in [5.41, 5.74) is 11.0. The zero-order chi connectivity index (χ0) is 53.4. The summed E-state index contributed by atoms with van der Waals surface area (Å²) in [7, 11) is -3.05. The number of benzene rings is 8. The van der Waals surface area contributed by atoms with Gasteiger partial charge in [-0.05, 0) is 106 Å². The second kappa shape index (κ2) is 20.1. The number of hydrogen-bond donors (Lipinski definition) is 0. The smallest absolute Gasteiger partial charge is 0.181 e. The Morgan fingerprint density at radius 2 is 1.01 bits per heavy atom. The first-order valence-corrected chi connectivity index (χ1v) is 28.8. The van der Waals surface area contributed by atoms with E-state index in [9.17, 15) is 0 Å². The molecule has 77 heavy (non-hydrogen) atoms. The van der Waals surface area contributed by atoms with Crippen LogP contribution in [0.3, 0.4) is 0 Å². The molecule has 0 saturated carbocycles. The van der Waals surface area contributed by atoms with E-state index >= 15 is 0 Å². The van der Waals surface area contributed by atoms with Crippen LogP contribution in [0.1, 0.15) is 105 Å². The molecule has 0 spiro atoms. The zero-order valence-corrected chi connectivity index (χ0v) is 49.8. The first kappa shape index (κ1) is 53.4. The first-order valence-electron chi connectivity index (χ1n) is 26.8. The van der Waals surface area contributed by atoms with E-state index in [1.54, 1.807) is 0 Å². The van der Waals surface area contributed by atoms with Crippen molar-refractivity contribution in [2.75, 3.05) is 9.80 Å². The van der Waals surface area contributed by atoms with Crippen LogP contribution < -0.4 is 35.3 Å². The molecular formula is C70H69N4OPtSi-3. The van der Waals surface area contributed by atoms with Crippen molar-refractivity contribution in [1.29, 1.82) is 0 Å². The fourth-order valence-corrected chi connectivity index (χ4v) is 16.0. The molecule has 1 aliphatic rings. The van der Waals surface area contributed by atoms with Gasteiger partial charge >= 0.3 is 0 Å². The molecule has 0 N–H and O–H groups in total. The van der Waals surface area contributed by atoms with Crippen molar-refractivity contribution in [1.82, 2.24) is 9.55 Å². The Labute approximate surface area is 472 Å². The molecule has 7 heteroatoms. The minimum Gasteiger partial charge on any atom is -0.509 e. The Morgan fingerprint density at radius 3 is 1.58 bits per heavy atom. The van der Waals surface area contributed by atoms with Gasteiger partial charge in [-0.3, -0.25) is 0 Å². The van der Waals surface area contributed by atoms with Crippen molar-refractivity contribution < 1.29 is 25.8 Å². The third kappa shape index (κ3) is 9.89. The van der Waals surface area contributed by atoms with Crippen LogP contribution in [0.25, 0.3) is 27.6 Å². The van der Waals surface area contributed by atoms with Crippen LogP contribution in [0, 0.1) is 18.8 Å². The van der Waals surface area contributed by atoms with E-state index in [1.807, 2.05) is 18.3 Å². The maximum atomic E-state index is 6.89. The zero-order valence-electron chi connectivity index (χ0n) is 46.6. The number of rotatable bonds is 9. The first-order chi connectivity index (χ1) is 36.2. The molecule has 0 fully saturated rings. The van der Waals surface area contributed by atoms with Crippen molar-refractivity contribution in [2.24, 2.45) is 0 Å². The molecular weight excluding hydrogens is 1140 g/mol. The molecule has 8 aromatic carbocycles. The Morgan fingerprint density at radius 1 is 0.468 bits per heavy atom. The summed E-state index contributed by atoms with van der Waals surface area (Å²) in [5.74, 6) is 2.04. The molecule has 0 amide bonds. The molecule has 1 aliphatic heterocycles. The second-order valence-corrected chi connectivity index (χ2v) is 28.5. The van der Waals surface area contributed by atoms with Gasteiger partial charge in [-0.25, -0.2) is 4.98 Å². The molecule has 2 aromatic heterocycles. The molecule has 0 atom stereocenters. The summed E-state index contributed by atoms with van der Waals surface area (Å²) in [6.07, 6.45) is 1.92. The van der Waals surface area contributed by atoms with Crippen LogP contribution in [0.5, 0.6) is 11.5 Å². The summed E-state index contributed by atoms with van der Waals surface area (Å²) < 4.78 is 9.14. The minimum atomic E-state index is -3.05. The third-order valence-corrected chi connectivity index (χ3v) is 20.1. The number of para-hydroxylation sites is 1. The monoisotopic (exact) mass is 1200 g/mol. The standard InChI is InChI=1S/C70H69N4OSi.Pt/c1-67(2,3)48-34-37-61-60(43-48)59-36-35-55(46-63(59)74(61)65-44-49(38-39-71-65)68(4,5)6)75-54-25-22-24-52(45-54)72-47-73(53-41-50(69(7,8)9)40-51(42-53)70(10,11)12)66-62(72)32-23-33-64(66)76(56-26-16-13-17-27-56,57-28-18-14-19-29-57)58-30-20-15-21-31-58;/h13-44,47H,1-12H3;/q-3;. The molecule has 5 nitrogen and oxygen atoms in total. The quantitative estimate of drug-likeness (QED) is 0.0819. The number of aromatic nitrogens is 2. The van der Waals surface area contributed by atoms with Crippen LogP contribution in [-0.4, -0.2) is 17.6 Å². The topological polar surface area (TPSA) is 33.5 Å². The number of hydrogen-bond acceptors (Lipinski definition) is 4. The molecule has 3 heterocycles. The van der Waals surface area contributed by atoms with E-state index in [4.69, 9.17) is 9.72 Å². The fraction of sp³-hybridized carbons (Fsp3) is 0.229. The van der Waals surface area contributed by atoms with Crippen molar-refractivity contribution in [3.63, 3.8) is 0 Å². The van der Waals surface area contributed by atoms with Crippen LogP contribution in [0.4, 0.5) is 22.7 Å². The molecule has 392 valence electrons. The molecule has 0 unspecified atom stereocenters. The van der Waals surface area contributed by atoms with E-state index in [1.165, 1.54) is 43.0 Å². The van der Waals surface area contributed by atoms with Crippen LogP contribution in [-0.2, 0) is 42.7 Å². The number of nitrogens with zero attached hydrogens (tertiary/aromatic N) is 4. The molecule has 10 aromatic rings. The maximum absolute atomic E-state index is 6.89. The number of anilines is 4. The van der Waals surface area contributed by atoms with Gasteiger partial charge < -0.3 is 19.1 Å². The Kier molecular flexibility index (Phi) is 13.9. The van der Waals surface area contributed by atoms with Gasteiger partial charge in [0.1, 0.15) is 5.82 Å². The normalized spacial score (nSPS) is 13.2. The molecule has 0 bridgehead atoms. The van der Waals surface area contributed by atoms with Crippen LogP contribution in [0.2, 0.25) is 0 Å². The van der Waals surface area contributed by atoms with Gasteiger partial charge in [-0.2, -0.15) is 12.1 Å². The van der Waals surface area contributed by atoms with Crippen molar-refractivity contribution in [3.8, 4) is 17.3 Å². The molecule has 11 rings (SSSR count). The maximum Gasteiger partial charge on any atom is 0.181 e. The molecule has 0 saturated heterocycles. The van der Waals surface area contributed by atoms with Gasteiger partial charge in [-0.15, -0.1) is 48.1 Å². The summed E-state index contributed by atoms with van der Waals surface area (Å²) in [4.78, 5) is 9.74. The summed E-state index contributed by atoms with van der Waals surface area (Å²) in [5, 5.41) is 7.52. The average molecular weight is 1210 g/mol. The van der Waals surface area contributed by atoms with E-state index in [0.29, 0.717) is 11.5 Å². The number of fused-ring (bicyclic) bond motifs is 4. The van der Waals surface area contributed by atoms with Crippen LogP contribution >= 0.6 is 0 Å². The van der Waals surface area contributed by atoms with Gasteiger partial charge in [0.2, 0.25) is 0 Å². The fourth-order valence-electron chi connectivity index (χ4n) is 11.0. The number of ether oxygens (including phenoxy) is 1. The number of pyridine rings is 1. The predicted octanol–water partition coefficient (Wildman–Crippen LogP) is 15.5. The van der Waals surface area contributed by atoms with Gasteiger partial charge in [0.05, 0.1) is 0 Å². The average Bonchev–Trinajstić information content (AvgIpc) is 4.07. The van der Waals surface area contributed by atoms with Gasteiger partial charge in [0.15, 0.2) is 8.07 Å². The predicted molar refractivity (Wildman–Crippen MR) is 323 cm³/mol. The van der Waals surface area contributed by atoms with E-state index < -0.39 is 8.07 Å². The van der Waals surface area contributed by atoms with Gasteiger partial charge in [0, 0.05) is 61.3 Å². The van der Waals surface area contributed by atoms with Gasteiger partial charge in [0.25, 0.3) is 0 Å². The van der Waals surface area contributed by atoms with E-state index in [-0.39, 0.29) is 42.7 Å². The largest absolute Gasteiger partial charge is 0.509 e. The van der Waals surface area contributed by atoms with Crippen molar-refractivity contribution >= 4 is 73.4 Å². The summed E-state index contributed by atoms with van der Waals surface area (Å²) >= 11 is 0. The van der Waals surface area contributed by atoms with Gasteiger partial charge in [-0.1, -0.05) is 210 Å². The Bertz CT molecular complexity index is 3640. The molecule has 0 aliphatic carbocycles. The van der Waals surface area contributed by atoms with Crippen LogP contribution in [0.15, 0.2) is 194 Å². The van der Waals surface area contributed by atoms with E-state index in [0.717, 1.165) is 50.4 Å².